The van der Waals surface area contributed by atoms with Crippen LogP contribution < -0.4 is 40.2 Å². The number of nitrogens with one attached hydrogen (secondary N) is 4. The van der Waals surface area contributed by atoms with Gasteiger partial charge in [0.15, 0.2) is 5.60 Å². The van der Waals surface area contributed by atoms with Crippen molar-refractivity contribution in [2.75, 3.05) is 40.5 Å². The number of amides is 4. The molecule has 4 N–H and O–H groups in total. The number of nitrogens with zero attached hydrogens (tertiary/aromatic N) is 1. The van der Waals surface area contributed by atoms with Gasteiger partial charge in [0.1, 0.15) is 52.6 Å². The van der Waals surface area contributed by atoms with Gasteiger partial charge in [0.2, 0.25) is 27.7 Å². The molecule has 0 saturated carbocycles. The molecule has 53 heavy (non-hydrogen) atoms. The Morgan fingerprint density at radius 1 is 0.792 bits per heavy atom. The van der Waals surface area contributed by atoms with Crippen molar-refractivity contribution >= 4 is 33.7 Å². The number of fused-ring (bicyclic) bond motifs is 15. The van der Waals surface area contributed by atoms with Crippen LogP contribution in [0.1, 0.15) is 32.3 Å². The van der Waals surface area contributed by atoms with Gasteiger partial charge < -0.3 is 40.2 Å². The summed E-state index contributed by atoms with van der Waals surface area (Å²) in [6, 6.07) is 16.9. The van der Waals surface area contributed by atoms with Crippen LogP contribution in [0.25, 0.3) is 0 Å². The maximum Gasteiger partial charge on any atom is 0.264 e. The summed E-state index contributed by atoms with van der Waals surface area (Å²) in [6.07, 6.45) is -0.00653. The summed E-state index contributed by atoms with van der Waals surface area (Å²) in [5.74, 6) is -1.05. The Kier molecular flexibility index (Phi) is 12.5. The molecule has 0 unspecified atom stereocenters. The monoisotopic (exact) mass is 751 g/mol. The third-order valence-corrected chi connectivity index (χ3v) is 11.1. The molecule has 3 aromatic carbocycles. The zero-order valence-electron chi connectivity index (χ0n) is 30.0. The first kappa shape index (κ1) is 38.9. The van der Waals surface area contributed by atoms with Gasteiger partial charge in [-0.2, -0.15) is 4.31 Å². The molecule has 3 aliphatic heterocycles. The largest absolute Gasteiger partial charge is 0.497 e. The van der Waals surface area contributed by atoms with Crippen LogP contribution in [0.2, 0.25) is 0 Å². The molecule has 1 spiro atoms. The zero-order chi connectivity index (χ0) is 38.2. The Bertz CT molecular complexity index is 1880. The Morgan fingerprint density at radius 2 is 1.45 bits per heavy atom. The fourth-order valence-electron chi connectivity index (χ4n) is 6.04. The average Bonchev–Trinajstić information content (AvgIpc) is 3.16. The first-order valence-corrected chi connectivity index (χ1v) is 18.7. The molecular weight excluding hydrogens is 706 g/mol. The van der Waals surface area contributed by atoms with E-state index < -0.39 is 57.4 Å². The average molecular weight is 752 g/mol. The lowest BCUT2D eigenvalue weighted by Gasteiger charge is -2.40. The molecule has 0 radical (unpaired) electrons. The number of carbonyl (C=O) groups excluding carboxylic acids is 4. The second-order valence-corrected chi connectivity index (χ2v) is 14.7. The van der Waals surface area contributed by atoms with E-state index in [2.05, 4.69) is 21.3 Å². The summed E-state index contributed by atoms with van der Waals surface area (Å²) >= 11 is 0. The molecule has 2 bridgehead atoms. The van der Waals surface area contributed by atoms with Gasteiger partial charge in [-0.05, 0) is 55.8 Å². The van der Waals surface area contributed by atoms with E-state index in [-0.39, 0.29) is 56.1 Å². The molecule has 1 fully saturated rings. The van der Waals surface area contributed by atoms with E-state index in [1.54, 1.807) is 42.5 Å². The number of carbonyl (C=O) groups is 4. The second kappa shape index (κ2) is 17.0. The molecule has 0 aliphatic carbocycles. The van der Waals surface area contributed by atoms with Crippen LogP contribution in [0.3, 0.4) is 0 Å². The Labute approximate surface area is 308 Å². The van der Waals surface area contributed by atoms with Gasteiger partial charge in [0.25, 0.3) is 5.91 Å². The van der Waals surface area contributed by atoms with Gasteiger partial charge in [-0.25, -0.2) is 8.42 Å². The van der Waals surface area contributed by atoms with E-state index in [1.807, 2.05) is 18.2 Å². The quantitative estimate of drug-likeness (QED) is 0.269. The Balaban J connectivity index is 1.42. The molecule has 0 aromatic heterocycles. The number of hydrogen-bond donors (Lipinski definition) is 4. The SMILES string of the molecule is COc1ccc(OC)c(S(=O)(=O)N2CCC3(CC2)Oc2ccc(cc2)OCCNC(=O)[C@H](C)NC(=O)[C@H](Cc2ccccc2)NC(=O)[C@H](C)NC3=O)c1. The molecule has 284 valence electrons. The minimum Gasteiger partial charge on any atom is -0.497 e. The van der Waals surface area contributed by atoms with Crippen molar-refractivity contribution in [2.24, 2.45) is 0 Å². The number of rotatable bonds is 6. The summed E-state index contributed by atoms with van der Waals surface area (Å²) in [4.78, 5) is 53.9. The van der Waals surface area contributed by atoms with Crippen molar-refractivity contribution in [1.82, 2.24) is 25.6 Å². The lowest BCUT2D eigenvalue weighted by atomic mass is 9.90. The minimum atomic E-state index is -4.10. The molecular formula is C37H45N5O10S. The number of methoxy groups -OCH3 is 2. The van der Waals surface area contributed by atoms with Crippen molar-refractivity contribution in [3.63, 3.8) is 0 Å². The summed E-state index contributed by atoms with van der Waals surface area (Å²) < 4.78 is 51.7. The van der Waals surface area contributed by atoms with Gasteiger partial charge in [-0.1, -0.05) is 30.3 Å². The zero-order valence-corrected chi connectivity index (χ0v) is 30.9. The summed E-state index contributed by atoms with van der Waals surface area (Å²) in [6.45, 7) is 3.10. The van der Waals surface area contributed by atoms with E-state index in [0.29, 0.717) is 17.2 Å². The standard InChI is InChI=1S/C37H45N5O10S/c1-24-33(43)38-18-21-51-27-10-12-28(13-11-27)52-37(16-19-42(20-17-37)53(47,48)32-23-29(49-3)14-15-31(32)50-4)36(46)40-25(2)34(44)41-30(35(45)39-24)22-26-8-6-5-7-9-26/h5-15,23-25,30H,16-22H2,1-4H3,(H,38,43)(H,39,45)(H,40,46)(H,41,44)/t24-,25-,30-/m0/s1. The van der Waals surface area contributed by atoms with Crippen LogP contribution in [0, 0.1) is 0 Å². The molecule has 6 rings (SSSR count). The molecule has 4 amide bonds. The predicted molar refractivity (Wildman–Crippen MR) is 193 cm³/mol. The van der Waals surface area contributed by atoms with Crippen LogP contribution in [-0.2, 0) is 35.6 Å². The summed E-state index contributed by atoms with van der Waals surface area (Å²) in [7, 11) is -1.29. The van der Waals surface area contributed by atoms with Gasteiger partial charge in [0.05, 0.1) is 20.8 Å². The first-order chi connectivity index (χ1) is 25.3. The Morgan fingerprint density at radius 3 is 2.11 bits per heavy atom. The fourth-order valence-corrected chi connectivity index (χ4v) is 7.65. The Hall–Kier alpha value is -5.35. The maximum atomic E-state index is 14.2. The molecule has 16 heteroatoms. The highest BCUT2D eigenvalue weighted by atomic mass is 32.2. The lowest BCUT2D eigenvalue weighted by molar-refractivity contribution is -0.143. The van der Waals surface area contributed by atoms with Gasteiger partial charge in [-0.15, -0.1) is 0 Å². The van der Waals surface area contributed by atoms with Crippen LogP contribution in [-0.4, -0.2) is 101 Å². The molecule has 3 heterocycles. The second-order valence-electron chi connectivity index (χ2n) is 12.8. The molecule has 3 aromatic rings. The third-order valence-electron chi connectivity index (χ3n) is 9.15. The summed E-state index contributed by atoms with van der Waals surface area (Å²) in [5, 5.41) is 10.9. The molecule has 3 aliphatic rings. The highest BCUT2D eigenvalue weighted by molar-refractivity contribution is 7.89. The predicted octanol–water partition coefficient (Wildman–Crippen LogP) is 1.55. The number of ether oxygens (including phenoxy) is 4. The maximum absolute atomic E-state index is 14.2. The van der Waals surface area contributed by atoms with Crippen molar-refractivity contribution < 1.29 is 46.5 Å². The normalized spacial score (nSPS) is 21.9. The highest BCUT2D eigenvalue weighted by Gasteiger charge is 2.47. The molecule has 3 atom stereocenters. The van der Waals surface area contributed by atoms with E-state index >= 15 is 0 Å². The van der Waals surface area contributed by atoms with Crippen molar-refractivity contribution in [1.29, 1.82) is 0 Å². The van der Waals surface area contributed by atoms with Gasteiger partial charge in [0, 0.05) is 38.4 Å². The van der Waals surface area contributed by atoms with Gasteiger partial charge in [-0.3, -0.25) is 19.2 Å². The summed E-state index contributed by atoms with van der Waals surface area (Å²) in [5.41, 5.74) is -0.817. The molecule has 15 nitrogen and oxygen atoms in total. The topological polar surface area (TPSA) is 191 Å². The van der Waals surface area contributed by atoms with Crippen LogP contribution in [0.5, 0.6) is 23.0 Å². The highest BCUT2D eigenvalue weighted by Crippen LogP contribution is 2.36. The van der Waals surface area contributed by atoms with Crippen molar-refractivity contribution in [3.8, 4) is 23.0 Å². The van der Waals surface area contributed by atoms with Crippen molar-refractivity contribution in [2.45, 2.75) is 61.7 Å². The van der Waals surface area contributed by atoms with Crippen molar-refractivity contribution in [3.05, 3.63) is 78.4 Å². The third kappa shape index (κ3) is 9.37. The van der Waals surface area contributed by atoms with Crippen LogP contribution in [0.4, 0.5) is 0 Å². The fraction of sp³-hybridized carbons (Fsp3) is 0.405. The lowest BCUT2D eigenvalue weighted by Crippen LogP contribution is -2.61. The van der Waals surface area contributed by atoms with E-state index in [0.717, 1.165) is 5.56 Å². The number of benzene rings is 3. The smallest absolute Gasteiger partial charge is 0.264 e. The van der Waals surface area contributed by atoms with E-state index in [1.165, 1.54) is 44.5 Å². The number of piperidine rings is 1. The van der Waals surface area contributed by atoms with E-state index in [4.69, 9.17) is 18.9 Å². The van der Waals surface area contributed by atoms with Crippen LogP contribution in [0.15, 0.2) is 77.7 Å². The number of sulfonamides is 1. The van der Waals surface area contributed by atoms with Crippen LogP contribution >= 0.6 is 0 Å². The minimum absolute atomic E-state index is 0.0619. The van der Waals surface area contributed by atoms with Gasteiger partial charge >= 0.3 is 0 Å². The number of hydrogen-bond acceptors (Lipinski definition) is 10. The van der Waals surface area contributed by atoms with E-state index in [9.17, 15) is 27.6 Å². The molecule has 1 saturated heterocycles. The first-order valence-electron chi connectivity index (χ1n) is 17.2.